The van der Waals surface area contributed by atoms with Gasteiger partial charge in [0.25, 0.3) is 0 Å². The summed E-state index contributed by atoms with van der Waals surface area (Å²) in [7, 11) is 1.97. The molecule has 5 heteroatoms. The highest BCUT2D eigenvalue weighted by atomic mass is 32.1. The Labute approximate surface area is 101 Å². The lowest BCUT2D eigenvalue weighted by molar-refractivity contribution is -0.0388. The molecule has 0 saturated carbocycles. The molecule has 0 bridgehead atoms. The van der Waals surface area contributed by atoms with E-state index in [4.69, 9.17) is 4.74 Å². The first-order valence-corrected chi connectivity index (χ1v) is 6.58. The molecule has 2 heterocycles. The second-order valence-corrected chi connectivity index (χ2v) is 5.04. The molecule has 0 radical (unpaired) electrons. The van der Waals surface area contributed by atoms with Crippen LogP contribution >= 0.6 is 11.3 Å². The number of aromatic nitrogens is 1. The second-order valence-electron chi connectivity index (χ2n) is 4.13. The van der Waals surface area contributed by atoms with Gasteiger partial charge in [0.2, 0.25) is 0 Å². The molecule has 16 heavy (non-hydrogen) atoms. The summed E-state index contributed by atoms with van der Waals surface area (Å²) < 4.78 is 5.70. The highest BCUT2D eigenvalue weighted by molar-refractivity contribution is 7.09. The maximum absolute atomic E-state index is 5.70. The lowest BCUT2D eigenvalue weighted by atomic mass is 10.2. The summed E-state index contributed by atoms with van der Waals surface area (Å²) in [5.74, 6) is 0. The molecule has 2 unspecified atom stereocenters. The van der Waals surface area contributed by atoms with Crippen LogP contribution in [0.1, 0.15) is 17.8 Å². The zero-order chi connectivity index (χ0) is 11.4. The Kier molecular flexibility index (Phi) is 4.29. The van der Waals surface area contributed by atoms with E-state index in [1.54, 1.807) is 11.3 Å². The van der Waals surface area contributed by atoms with Gasteiger partial charge in [-0.2, -0.15) is 0 Å². The number of rotatable bonds is 4. The van der Waals surface area contributed by atoms with Crippen LogP contribution in [0.25, 0.3) is 0 Å². The van der Waals surface area contributed by atoms with Crippen LogP contribution in [0.5, 0.6) is 0 Å². The minimum absolute atomic E-state index is 0.314. The molecule has 1 aromatic rings. The molecule has 1 aromatic heterocycles. The van der Waals surface area contributed by atoms with Crippen LogP contribution in [0.15, 0.2) is 11.7 Å². The standard InChI is InChI=1S/C11H19N3OS/c1-9(11-6-13-8-16-11)14-3-4-15-10(7-14)5-12-2/h6,8-10,12H,3-5,7H2,1-2H3. The summed E-state index contributed by atoms with van der Waals surface area (Å²) in [6, 6.07) is 0.454. The second kappa shape index (κ2) is 5.72. The third-order valence-electron chi connectivity index (χ3n) is 3.01. The van der Waals surface area contributed by atoms with Crippen LogP contribution in [0.2, 0.25) is 0 Å². The average Bonchev–Trinajstić information content (AvgIpc) is 2.82. The summed E-state index contributed by atoms with van der Waals surface area (Å²) in [5, 5.41) is 3.17. The predicted molar refractivity (Wildman–Crippen MR) is 65.8 cm³/mol. The van der Waals surface area contributed by atoms with E-state index in [-0.39, 0.29) is 0 Å². The van der Waals surface area contributed by atoms with Gasteiger partial charge in [-0.05, 0) is 14.0 Å². The number of likely N-dealkylation sites (N-methyl/N-ethyl adjacent to an activating group) is 1. The smallest absolute Gasteiger partial charge is 0.0826 e. The zero-order valence-corrected chi connectivity index (χ0v) is 10.7. The summed E-state index contributed by atoms with van der Waals surface area (Å²) in [6.07, 6.45) is 2.28. The summed E-state index contributed by atoms with van der Waals surface area (Å²) in [5.41, 5.74) is 1.90. The SMILES string of the molecule is CNCC1CN(C(C)c2cncs2)CCO1. The van der Waals surface area contributed by atoms with Gasteiger partial charge >= 0.3 is 0 Å². The minimum Gasteiger partial charge on any atom is -0.374 e. The summed E-state index contributed by atoms with van der Waals surface area (Å²) in [6.45, 7) is 6.01. The number of morpholine rings is 1. The minimum atomic E-state index is 0.314. The fourth-order valence-corrected chi connectivity index (χ4v) is 2.77. The molecular weight excluding hydrogens is 222 g/mol. The topological polar surface area (TPSA) is 37.4 Å². The Balaban J connectivity index is 1.93. The van der Waals surface area contributed by atoms with Gasteiger partial charge in [-0.15, -0.1) is 11.3 Å². The fourth-order valence-electron chi connectivity index (χ4n) is 2.06. The van der Waals surface area contributed by atoms with E-state index in [0.29, 0.717) is 12.1 Å². The van der Waals surface area contributed by atoms with Gasteiger partial charge in [0, 0.05) is 36.8 Å². The third kappa shape index (κ3) is 2.79. The molecule has 1 fully saturated rings. The number of ether oxygens (including phenoxy) is 1. The Morgan fingerprint density at radius 1 is 1.75 bits per heavy atom. The van der Waals surface area contributed by atoms with Gasteiger partial charge in [0.15, 0.2) is 0 Å². The van der Waals surface area contributed by atoms with E-state index in [2.05, 4.69) is 22.1 Å². The largest absolute Gasteiger partial charge is 0.374 e. The molecule has 0 aliphatic carbocycles. The fraction of sp³-hybridized carbons (Fsp3) is 0.727. The first kappa shape index (κ1) is 12.0. The highest BCUT2D eigenvalue weighted by Crippen LogP contribution is 2.24. The van der Waals surface area contributed by atoms with Gasteiger partial charge in [-0.3, -0.25) is 9.88 Å². The van der Waals surface area contributed by atoms with Crippen LogP contribution in [0, 0.1) is 0 Å². The molecule has 1 N–H and O–H groups in total. The van der Waals surface area contributed by atoms with E-state index in [1.165, 1.54) is 4.88 Å². The number of hydrogen-bond donors (Lipinski definition) is 1. The van der Waals surface area contributed by atoms with Crippen molar-refractivity contribution in [3.8, 4) is 0 Å². The molecule has 0 amide bonds. The lowest BCUT2D eigenvalue weighted by Crippen LogP contribution is -2.46. The van der Waals surface area contributed by atoms with E-state index < -0.39 is 0 Å². The molecule has 4 nitrogen and oxygen atoms in total. The predicted octanol–water partition coefficient (Wildman–Crippen LogP) is 1.12. The Morgan fingerprint density at radius 3 is 3.31 bits per heavy atom. The van der Waals surface area contributed by atoms with Crippen molar-refractivity contribution in [3.63, 3.8) is 0 Å². The normalized spacial score (nSPS) is 24.5. The van der Waals surface area contributed by atoms with Gasteiger partial charge in [0.1, 0.15) is 0 Å². The molecule has 0 aromatic carbocycles. The maximum Gasteiger partial charge on any atom is 0.0826 e. The van der Waals surface area contributed by atoms with E-state index in [9.17, 15) is 0 Å². The molecule has 1 aliphatic heterocycles. The monoisotopic (exact) mass is 241 g/mol. The van der Waals surface area contributed by atoms with Gasteiger partial charge < -0.3 is 10.1 Å². The Hall–Kier alpha value is -0.490. The summed E-state index contributed by atoms with van der Waals surface area (Å²) >= 11 is 1.73. The van der Waals surface area contributed by atoms with Crippen molar-refractivity contribution in [2.24, 2.45) is 0 Å². The maximum atomic E-state index is 5.70. The van der Waals surface area contributed by atoms with Crippen molar-refractivity contribution >= 4 is 11.3 Å². The van der Waals surface area contributed by atoms with Crippen LogP contribution in [-0.2, 0) is 4.74 Å². The molecule has 1 saturated heterocycles. The van der Waals surface area contributed by atoms with Crippen molar-refractivity contribution in [2.45, 2.75) is 19.1 Å². The van der Waals surface area contributed by atoms with Crippen LogP contribution in [0.3, 0.4) is 0 Å². The third-order valence-corrected chi connectivity index (χ3v) is 3.96. The van der Waals surface area contributed by atoms with Gasteiger partial charge in [-0.25, -0.2) is 0 Å². The molecular formula is C11H19N3OS. The zero-order valence-electron chi connectivity index (χ0n) is 9.85. The van der Waals surface area contributed by atoms with Crippen LogP contribution in [-0.4, -0.2) is 49.3 Å². The number of thiazole rings is 1. The van der Waals surface area contributed by atoms with Crippen molar-refractivity contribution in [1.82, 2.24) is 15.2 Å². The first-order valence-electron chi connectivity index (χ1n) is 5.70. The molecule has 90 valence electrons. The number of hydrogen-bond acceptors (Lipinski definition) is 5. The molecule has 0 spiro atoms. The number of nitrogens with zero attached hydrogens (tertiary/aromatic N) is 2. The average molecular weight is 241 g/mol. The van der Waals surface area contributed by atoms with Crippen LogP contribution < -0.4 is 5.32 Å². The van der Waals surface area contributed by atoms with Crippen LogP contribution in [0.4, 0.5) is 0 Å². The Morgan fingerprint density at radius 2 is 2.62 bits per heavy atom. The summed E-state index contributed by atoms with van der Waals surface area (Å²) in [4.78, 5) is 7.95. The van der Waals surface area contributed by atoms with E-state index >= 15 is 0 Å². The van der Waals surface area contributed by atoms with Gasteiger partial charge in [0.05, 0.1) is 18.2 Å². The number of nitrogens with one attached hydrogen (secondary N) is 1. The van der Waals surface area contributed by atoms with E-state index in [0.717, 1.165) is 26.2 Å². The molecule has 2 rings (SSSR count). The van der Waals surface area contributed by atoms with Crippen molar-refractivity contribution in [3.05, 3.63) is 16.6 Å². The lowest BCUT2D eigenvalue weighted by Gasteiger charge is -2.36. The van der Waals surface area contributed by atoms with Crippen molar-refractivity contribution in [1.29, 1.82) is 0 Å². The first-order chi connectivity index (χ1) is 7.81. The van der Waals surface area contributed by atoms with Crippen molar-refractivity contribution < 1.29 is 4.74 Å². The van der Waals surface area contributed by atoms with Gasteiger partial charge in [-0.1, -0.05) is 0 Å². The molecule has 2 atom stereocenters. The highest BCUT2D eigenvalue weighted by Gasteiger charge is 2.24. The van der Waals surface area contributed by atoms with E-state index in [1.807, 2.05) is 18.8 Å². The Bertz CT molecular complexity index is 302. The quantitative estimate of drug-likeness (QED) is 0.857. The molecule has 1 aliphatic rings. The van der Waals surface area contributed by atoms with Crippen molar-refractivity contribution in [2.75, 3.05) is 33.3 Å².